The summed E-state index contributed by atoms with van der Waals surface area (Å²) in [5, 5.41) is 10.2. The minimum absolute atomic E-state index is 0.0414. The van der Waals surface area contributed by atoms with Crippen LogP contribution in [0.25, 0.3) is 5.69 Å². The molecule has 0 spiro atoms. The smallest absolute Gasteiger partial charge is 0.290 e. The van der Waals surface area contributed by atoms with Crippen LogP contribution in [0.3, 0.4) is 0 Å². The summed E-state index contributed by atoms with van der Waals surface area (Å²) < 4.78 is 1.52. The lowest BCUT2D eigenvalue weighted by molar-refractivity contribution is -0.121. The first kappa shape index (κ1) is 18.9. The molecule has 1 atom stereocenters. The Morgan fingerprint density at radius 3 is 2.72 bits per heavy atom. The number of aryl methyl sites for hydroxylation is 1. The predicted molar refractivity (Wildman–Crippen MR) is 96.0 cm³/mol. The number of nitrogens with zero attached hydrogens (tertiary/aromatic N) is 3. The number of hydrogen-bond donors (Lipinski definition) is 2. The normalized spacial score (nSPS) is 11.8. The van der Waals surface area contributed by atoms with Gasteiger partial charge in [-0.2, -0.15) is 0 Å². The Morgan fingerprint density at radius 1 is 1.32 bits per heavy atom. The summed E-state index contributed by atoms with van der Waals surface area (Å²) in [6.07, 6.45) is 1.07. The van der Waals surface area contributed by atoms with E-state index in [1.165, 1.54) is 4.68 Å². The second-order valence-corrected chi connectivity index (χ2v) is 6.14. The molecule has 1 aromatic carbocycles. The van der Waals surface area contributed by atoms with Crippen molar-refractivity contribution < 1.29 is 9.59 Å². The Balaban J connectivity index is 1.96. The SMILES string of the molecule is CCC(C)NC(=O)CCNC(=O)c1nc(C)n(-c2ccccc2Cl)n1. The molecular weight excluding hydrogens is 342 g/mol. The summed E-state index contributed by atoms with van der Waals surface area (Å²) in [4.78, 5) is 28.0. The molecular formula is C17H22ClN5O2. The van der Waals surface area contributed by atoms with Gasteiger partial charge >= 0.3 is 0 Å². The molecule has 0 aliphatic rings. The number of amides is 2. The molecule has 134 valence electrons. The summed E-state index contributed by atoms with van der Waals surface area (Å²) >= 11 is 6.16. The van der Waals surface area contributed by atoms with Gasteiger partial charge in [0.05, 0.1) is 10.7 Å². The number of carbonyl (C=O) groups is 2. The van der Waals surface area contributed by atoms with Crippen LogP contribution in [-0.2, 0) is 4.79 Å². The van der Waals surface area contributed by atoms with Crippen molar-refractivity contribution in [2.24, 2.45) is 0 Å². The van der Waals surface area contributed by atoms with E-state index in [1.807, 2.05) is 26.0 Å². The van der Waals surface area contributed by atoms with Gasteiger partial charge in [-0.05, 0) is 32.4 Å². The molecule has 0 aliphatic heterocycles. The Labute approximate surface area is 151 Å². The van der Waals surface area contributed by atoms with Gasteiger partial charge in [-0.25, -0.2) is 9.67 Å². The summed E-state index contributed by atoms with van der Waals surface area (Å²) in [5.41, 5.74) is 0.654. The topological polar surface area (TPSA) is 88.9 Å². The van der Waals surface area contributed by atoms with E-state index < -0.39 is 5.91 Å². The molecule has 1 heterocycles. The van der Waals surface area contributed by atoms with Gasteiger partial charge in [0, 0.05) is 19.0 Å². The summed E-state index contributed by atoms with van der Waals surface area (Å²) in [7, 11) is 0. The molecule has 0 fully saturated rings. The fourth-order valence-corrected chi connectivity index (χ4v) is 2.37. The van der Waals surface area contributed by atoms with E-state index >= 15 is 0 Å². The van der Waals surface area contributed by atoms with E-state index in [-0.39, 0.29) is 30.7 Å². The van der Waals surface area contributed by atoms with Crippen molar-refractivity contribution in [3.05, 3.63) is 40.9 Å². The fourth-order valence-electron chi connectivity index (χ4n) is 2.16. The maximum Gasteiger partial charge on any atom is 0.290 e. The second kappa shape index (κ2) is 8.62. The zero-order chi connectivity index (χ0) is 18.4. The third-order valence-electron chi connectivity index (χ3n) is 3.71. The summed E-state index contributed by atoms with van der Waals surface area (Å²) in [6.45, 7) is 5.90. The highest BCUT2D eigenvalue weighted by Crippen LogP contribution is 2.20. The van der Waals surface area contributed by atoms with Gasteiger partial charge in [0.15, 0.2) is 0 Å². The van der Waals surface area contributed by atoms with Gasteiger partial charge in [0.2, 0.25) is 11.7 Å². The number of para-hydroxylation sites is 1. The van der Waals surface area contributed by atoms with E-state index in [0.29, 0.717) is 16.5 Å². The largest absolute Gasteiger partial charge is 0.354 e. The Hall–Kier alpha value is -2.41. The highest BCUT2D eigenvalue weighted by Gasteiger charge is 2.16. The van der Waals surface area contributed by atoms with Gasteiger partial charge in [-0.1, -0.05) is 30.7 Å². The zero-order valence-corrected chi connectivity index (χ0v) is 15.3. The van der Waals surface area contributed by atoms with Crippen LogP contribution in [0.15, 0.2) is 24.3 Å². The first-order chi connectivity index (χ1) is 11.9. The lowest BCUT2D eigenvalue weighted by Crippen LogP contribution is -2.35. The third-order valence-corrected chi connectivity index (χ3v) is 4.03. The van der Waals surface area contributed by atoms with E-state index in [4.69, 9.17) is 11.6 Å². The highest BCUT2D eigenvalue weighted by molar-refractivity contribution is 6.32. The van der Waals surface area contributed by atoms with Gasteiger partial charge in [-0.15, -0.1) is 5.10 Å². The number of halogens is 1. The molecule has 0 saturated heterocycles. The molecule has 8 heteroatoms. The van der Waals surface area contributed by atoms with Gasteiger partial charge in [0.1, 0.15) is 5.82 Å². The van der Waals surface area contributed by atoms with Crippen LogP contribution in [0, 0.1) is 6.92 Å². The number of aromatic nitrogens is 3. The fraction of sp³-hybridized carbons (Fsp3) is 0.412. The van der Waals surface area contributed by atoms with Crippen LogP contribution < -0.4 is 10.6 Å². The standard InChI is InChI=1S/C17H22ClN5O2/c1-4-11(2)20-15(24)9-10-19-17(25)16-21-12(3)23(22-16)14-8-6-5-7-13(14)18/h5-8,11H,4,9-10H2,1-3H3,(H,19,25)(H,20,24). The minimum Gasteiger partial charge on any atom is -0.354 e. The maximum absolute atomic E-state index is 12.2. The quantitative estimate of drug-likeness (QED) is 0.789. The van der Waals surface area contributed by atoms with Crippen LogP contribution in [-0.4, -0.2) is 39.2 Å². The molecule has 2 N–H and O–H groups in total. The summed E-state index contributed by atoms with van der Waals surface area (Å²) in [5.74, 6) is 0.0677. The van der Waals surface area contributed by atoms with Crippen LogP contribution in [0.4, 0.5) is 0 Å². The van der Waals surface area contributed by atoms with Crippen LogP contribution in [0.1, 0.15) is 43.1 Å². The third kappa shape index (κ3) is 5.03. The van der Waals surface area contributed by atoms with Crippen molar-refractivity contribution in [3.8, 4) is 5.69 Å². The molecule has 0 bridgehead atoms. The van der Waals surface area contributed by atoms with Gasteiger partial charge in [-0.3, -0.25) is 9.59 Å². The highest BCUT2D eigenvalue weighted by atomic mass is 35.5. The molecule has 1 unspecified atom stereocenters. The minimum atomic E-state index is -0.426. The second-order valence-electron chi connectivity index (χ2n) is 5.73. The Bertz CT molecular complexity index is 759. The predicted octanol–water partition coefficient (Wildman–Crippen LogP) is 2.26. The molecule has 0 radical (unpaired) electrons. The monoisotopic (exact) mass is 363 g/mol. The van der Waals surface area contributed by atoms with Crippen molar-refractivity contribution in [1.82, 2.24) is 25.4 Å². The van der Waals surface area contributed by atoms with Crippen molar-refractivity contribution >= 4 is 23.4 Å². The molecule has 2 aromatic rings. The van der Waals surface area contributed by atoms with Crippen molar-refractivity contribution in [1.29, 1.82) is 0 Å². The molecule has 2 amide bonds. The number of nitrogens with one attached hydrogen (secondary N) is 2. The molecule has 1 aromatic heterocycles. The molecule has 25 heavy (non-hydrogen) atoms. The lowest BCUT2D eigenvalue weighted by atomic mass is 10.2. The number of rotatable bonds is 7. The van der Waals surface area contributed by atoms with Crippen molar-refractivity contribution in [2.45, 2.75) is 39.7 Å². The summed E-state index contributed by atoms with van der Waals surface area (Å²) in [6, 6.07) is 7.31. The number of hydrogen-bond acceptors (Lipinski definition) is 4. The van der Waals surface area contributed by atoms with E-state index in [1.54, 1.807) is 19.1 Å². The average Bonchev–Trinajstić information content (AvgIpc) is 2.96. The van der Waals surface area contributed by atoms with E-state index in [0.717, 1.165) is 6.42 Å². The van der Waals surface area contributed by atoms with Crippen molar-refractivity contribution in [2.75, 3.05) is 6.54 Å². The van der Waals surface area contributed by atoms with Crippen LogP contribution >= 0.6 is 11.6 Å². The van der Waals surface area contributed by atoms with E-state index in [2.05, 4.69) is 20.7 Å². The first-order valence-electron chi connectivity index (χ1n) is 8.18. The van der Waals surface area contributed by atoms with Crippen LogP contribution in [0.2, 0.25) is 5.02 Å². The molecule has 2 rings (SSSR count). The van der Waals surface area contributed by atoms with Crippen molar-refractivity contribution in [3.63, 3.8) is 0 Å². The zero-order valence-electron chi connectivity index (χ0n) is 14.5. The molecule has 0 aliphatic carbocycles. The average molecular weight is 364 g/mol. The first-order valence-corrected chi connectivity index (χ1v) is 8.56. The Kier molecular flexibility index (Phi) is 6.52. The lowest BCUT2D eigenvalue weighted by Gasteiger charge is -2.11. The van der Waals surface area contributed by atoms with Gasteiger partial charge in [0.25, 0.3) is 5.91 Å². The van der Waals surface area contributed by atoms with Crippen LogP contribution in [0.5, 0.6) is 0 Å². The number of benzene rings is 1. The Morgan fingerprint density at radius 2 is 2.04 bits per heavy atom. The number of carbonyl (C=O) groups excluding carboxylic acids is 2. The molecule has 0 saturated carbocycles. The van der Waals surface area contributed by atoms with Gasteiger partial charge < -0.3 is 10.6 Å². The van der Waals surface area contributed by atoms with E-state index in [9.17, 15) is 9.59 Å². The maximum atomic E-state index is 12.2. The molecule has 7 nitrogen and oxygen atoms in total.